The molecule has 0 saturated carbocycles. The van der Waals surface area contributed by atoms with E-state index in [4.69, 9.17) is 16.3 Å². The monoisotopic (exact) mass is 215 g/mol. The Morgan fingerprint density at radius 2 is 2.36 bits per heavy atom. The molecule has 0 amide bonds. The lowest BCUT2D eigenvalue weighted by Crippen LogP contribution is -2.34. The summed E-state index contributed by atoms with van der Waals surface area (Å²) in [5, 5.41) is 3.81. The summed E-state index contributed by atoms with van der Waals surface area (Å²) in [5.74, 6) is -0.267. The third-order valence-corrected chi connectivity index (χ3v) is 2.60. The lowest BCUT2D eigenvalue weighted by Gasteiger charge is -2.24. The van der Waals surface area contributed by atoms with Crippen LogP contribution >= 0.6 is 11.6 Å². The van der Waals surface area contributed by atoms with E-state index < -0.39 is 0 Å². The SMILES string of the molecule is Fc1ccc(Cl)c(C2COCCN2)c1. The van der Waals surface area contributed by atoms with Gasteiger partial charge in [-0.05, 0) is 23.8 Å². The fourth-order valence-corrected chi connectivity index (χ4v) is 1.80. The second-order valence-corrected chi connectivity index (χ2v) is 3.65. The van der Waals surface area contributed by atoms with Crippen LogP contribution in [0.4, 0.5) is 4.39 Å². The molecule has 1 saturated heterocycles. The van der Waals surface area contributed by atoms with Gasteiger partial charge in [0.15, 0.2) is 0 Å². The average Bonchev–Trinajstić information content (AvgIpc) is 2.23. The average molecular weight is 216 g/mol. The van der Waals surface area contributed by atoms with Gasteiger partial charge in [0.25, 0.3) is 0 Å². The Labute approximate surface area is 87.0 Å². The molecule has 1 N–H and O–H groups in total. The summed E-state index contributed by atoms with van der Waals surface area (Å²) in [7, 11) is 0. The molecule has 1 aromatic carbocycles. The van der Waals surface area contributed by atoms with Crippen LogP contribution in [0.15, 0.2) is 18.2 Å². The van der Waals surface area contributed by atoms with Crippen LogP contribution in [0.5, 0.6) is 0 Å². The molecule has 1 aromatic rings. The quantitative estimate of drug-likeness (QED) is 0.775. The highest BCUT2D eigenvalue weighted by atomic mass is 35.5. The summed E-state index contributed by atoms with van der Waals surface area (Å²) in [6.07, 6.45) is 0. The molecule has 1 fully saturated rings. The third kappa shape index (κ3) is 2.05. The Bertz CT molecular complexity index is 326. The lowest BCUT2D eigenvalue weighted by atomic mass is 10.1. The van der Waals surface area contributed by atoms with Gasteiger partial charge in [-0.1, -0.05) is 11.6 Å². The van der Waals surface area contributed by atoms with Crippen LogP contribution in [0.2, 0.25) is 5.02 Å². The first-order valence-electron chi connectivity index (χ1n) is 4.53. The van der Waals surface area contributed by atoms with Crippen LogP contribution in [0.3, 0.4) is 0 Å². The molecule has 76 valence electrons. The van der Waals surface area contributed by atoms with Crippen LogP contribution in [-0.2, 0) is 4.74 Å². The van der Waals surface area contributed by atoms with Gasteiger partial charge in [-0.15, -0.1) is 0 Å². The van der Waals surface area contributed by atoms with Crippen LogP contribution in [0.1, 0.15) is 11.6 Å². The maximum absolute atomic E-state index is 13.0. The molecule has 0 spiro atoms. The fraction of sp³-hybridized carbons (Fsp3) is 0.400. The number of hydrogen-bond donors (Lipinski definition) is 1. The number of hydrogen-bond acceptors (Lipinski definition) is 2. The highest BCUT2D eigenvalue weighted by Gasteiger charge is 2.18. The van der Waals surface area contributed by atoms with Gasteiger partial charge in [0.2, 0.25) is 0 Å². The Morgan fingerprint density at radius 1 is 1.50 bits per heavy atom. The van der Waals surface area contributed by atoms with Crippen molar-refractivity contribution < 1.29 is 9.13 Å². The first-order valence-corrected chi connectivity index (χ1v) is 4.91. The van der Waals surface area contributed by atoms with E-state index in [1.807, 2.05) is 0 Å². The molecule has 0 aliphatic carbocycles. The molecule has 1 aliphatic heterocycles. The van der Waals surface area contributed by atoms with Gasteiger partial charge < -0.3 is 10.1 Å². The summed E-state index contributed by atoms with van der Waals surface area (Å²) in [4.78, 5) is 0. The number of rotatable bonds is 1. The van der Waals surface area contributed by atoms with E-state index in [0.717, 1.165) is 12.1 Å². The molecule has 1 aliphatic rings. The van der Waals surface area contributed by atoms with Gasteiger partial charge in [-0.25, -0.2) is 4.39 Å². The normalized spacial score (nSPS) is 22.3. The molecular weight excluding hydrogens is 205 g/mol. The first kappa shape index (κ1) is 9.90. The van der Waals surface area contributed by atoms with Crippen LogP contribution in [0, 0.1) is 5.82 Å². The molecule has 0 radical (unpaired) electrons. The molecule has 1 heterocycles. The smallest absolute Gasteiger partial charge is 0.123 e. The van der Waals surface area contributed by atoms with Crippen molar-refractivity contribution in [2.24, 2.45) is 0 Å². The fourth-order valence-electron chi connectivity index (χ4n) is 1.55. The van der Waals surface area contributed by atoms with Crippen molar-refractivity contribution in [2.75, 3.05) is 19.8 Å². The highest BCUT2D eigenvalue weighted by Crippen LogP contribution is 2.25. The minimum absolute atomic E-state index is 0.00644. The second kappa shape index (κ2) is 4.26. The largest absolute Gasteiger partial charge is 0.378 e. The van der Waals surface area contributed by atoms with E-state index >= 15 is 0 Å². The molecule has 2 nitrogen and oxygen atoms in total. The minimum atomic E-state index is -0.267. The molecule has 0 aromatic heterocycles. The van der Waals surface area contributed by atoms with E-state index in [2.05, 4.69) is 5.32 Å². The lowest BCUT2D eigenvalue weighted by molar-refractivity contribution is 0.0768. The summed E-state index contributed by atoms with van der Waals surface area (Å²) in [5.41, 5.74) is 0.770. The van der Waals surface area contributed by atoms with E-state index in [1.54, 1.807) is 6.07 Å². The van der Waals surface area contributed by atoms with Crippen LogP contribution in [0.25, 0.3) is 0 Å². The van der Waals surface area contributed by atoms with Gasteiger partial charge in [0.1, 0.15) is 5.82 Å². The number of ether oxygens (including phenoxy) is 1. The zero-order chi connectivity index (χ0) is 9.97. The number of morpholine rings is 1. The summed E-state index contributed by atoms with van der Waals surface area (Å²) in [6.45, 7) is 2.02. The van der Waals surface area contributed by atoms with Gasteiger partial charge >= 0.3 is 0 Å². The summed E-state index contributed by atoms with van der Waals surface area (Å²) >= 11 is 5.97. The molecule has 2 rings (SSSR count). The number of nitrogens with one attached hydrogen (secondary N) is 1. The van der Waals surface area contributed by atoms with Crippen molar-refractivity contribution in [2.45, 2.75) is 6.04 Å². The Balaban J connectivity index is 2.24. The Morgan fingerprint density at radius 3 is 3.07 bits per heavy atom. The van der Waals surface area contributed by atoms with Crippen molar-refractivity contribution in [3.8, 4) is 0 Å². The van der Waals surface area contributed by atoms with Crippen molar-refractivity contribution in [1.82, 2.24) is 5.32 Å². The van der Waals surface area contributed by atoms with Crippen molar-refractivity contribution in [3.05, 3.63) is 34.6 Å². The van der Waals surface area contributed by atoms with E-state index in [0.29, 0.717) is 18.2 Å². The summed E-state index contributed by atoms with van der Waals surface area (Å²) in [6, 6.07) is 4.39. The van der Waals surface area contributed by atoms with E-state index in [1.165, 1.54) is 12.1 Å². The van der Waals surface area contributed by atoms with E-state index in [9.17, 15) is 4.39 Å². The van der Waals surface area contributed by atoms with Gasteiger partial charge in [0.05, 0.1) is 19.3 Å². The Kier molecular flexibility index (Phi) is 3.01. The van der Waals surface area contributed by atoms with Crippen molar-refractivity contribution in [1.29, 1.82) is 0 Å². The van der Waals surface area contributed by atoms with Crippen LogP contribution < -0.4 is 5.32 Å². The van der Waals surface area contributed by atoms with Gasteiger partial charge in [-0.3, -0.25) is 0 Å². The van der Waals surface area contributed by atoms with Gasteiger partial charge in [-0.2, -0.15) is 0 Å². The first-order chi connectivity index (χ1) is 6.77. The summed E-state index contributed by atoms with van der Waals surface area (Å²) < 4.78 is 18.3. The molecule has 1 unspecified atom stereocenters. The maximum atomic E-state index is 13.0. The predicted octanol–water partition coefficient (Wildman–Crippen LogP) is 2.14. The predicted molar refractivity (Wildman–Crippen MR) is 53.0 cm³/mol. The molecular formula is C10H11ClFNO. The topological polar surface area (TPSA) is 21.3 Å². The maximum Gasteiger partial charge on any atom is 0.123 e. The molecule has 4 heteroatoms. The third-order valence-electron chi connectivity index (χ3n) is 2.26. The van der Waals surface area contributed by atoms with E-state index in [-0.39, 0.29) is 11.9 Å². The zero-order valence-electron chi connectivity index (χ0n) is 7.59. The number of benzene rings is 1. The van der Waals surface area contributed by atoms with Gasteiger partial charge in [0, 0.05) is 11.6 Å². The van der Waals surface area contributed by atoms with Crippen LogP contribution in [-0.4, -0.2) is 19.8 Å². The van der Waals surface area contributed by atoms with Crippen molar-refractivity contribution in [3.63, 3.8) is 0 Å². The number of halogens is 2. The second-order valence-electron chi connectivity index (χ2n) is 3.25. The molecule has 0 bridgehead atoms. The van der Waals surface area contributed by atoms with Crippen molar-refractivity contribution >= 4 is 11.6 Å². The molecule has 14 heavy (non-hydrogen) atoms. The Hall–Kier alpha value is -0.640. The molecule has 1 atom stereocenters. The minimum Gasteiger partial charge on any atom is -0.378 e. The zero-order valence-corrected chi connectivity index (χ0v) is 8.35. The standard InChI is InChI=1S/C10H11ClFNO/c11-9-2-1-7(12)5-8(9)10-6-14-4-3-13-10/h1-2,5,10,13H,3-4,6H2. The highest BCUT2D eigenvalue weighted by molar-refractivity contribution is 6.31.